The molecule has 0 N–H and O–H groups in total. The highest BCUT2D eigenvalue weighted by atomic mass is 79.9. The maximum Gasteiger partial charge on any atom is 0.339 e. The Morgan fingerprint density at radius 3 is 2.39 bits per heavy atom. The van der Waals surface area contributed by atoms with Crippen LogP contribution in [0, 0.1) is 13.8 Å². The molecule has 0 spiro atoms. The molecule has 7 heteroatoms. The molecular weight excluding hydrogens is 462 g/mol. The molecule has 0 heterocycles. The number of hydrogen-bond donors (Lipinski definition) is 0. The Morgan fingerprint density at radius 1 is 1.00 bits per heavy atom. The third-order valence-electron chi connectivity index (χ3n) is 3.99. The minimum absolute atomic E-state index is 0.0919. The van der Waals surface area contributed by atoms with Crippen LogP contribution in [0.5, 0.6) is 5.75 Å². The van der Waals surface area contributed by atoms with E-state index in [1.165, 1.54) is 12.1 Å². The molecule has 3 rings (SSSR count). The van der Waals surface area contributed by atoms with E-state index < -0.39 is 10.1 Å². The molecule has 3 aromatic carbocycles. The third kappa shape index (κ3) is 5.01. The lowest BCUT2D eigenvalue weighted by molar-refractivity contribution is 0.485. The normalized spacial score (nSPS) is 11.7. The Kier molecular flexibility index (Phi) is 6.23. The van der Waals surface area contributed by atoms with Gasteiger partial charge in [-0.1, -0.05) is 51.3 Å². The summed E-state index contributed by atoms with van der Waals surface area (Å²) >= 11 is 9.52. The second kappa shape index (κ2) is 8.47. The summed E-state index contributed by atoms with van der Waals surface area (Å²) in [6, 6.07) is 17.0. The molecule has 0 saturated heterocycles. The highest BCUT2D eigenvalue weighted by Crippen LogP contribution is 2.27. The number of halogens is 2. The van der Waals surface area contributed by atoms with Gasteiger partial charge in [-0.3, -0.25) is 4.99 Å². The Hall–Kier alpha value is -2.15. The summed E-state index contributed by atoms with van der Waals surface area (Å²) in [5, 5.41) is 0.613. The SMILES string of the molecule is Cc1ccc(S(=O)(=O)Oc2ccc(Br)cc2C=Nc2ccc(C)c(Cl)c2)cc1. The monoisotopic (exact) mass is 477 g/mol. The molecule has 0 aromatic heterocycles. The molecular formula is C21H17BrClNO3S. The summed E-state index contributed by atoms with van der Waals surface area (Å²) in [4.78, 5) is 4.48. The number of aliphatic imine (C=N–C) groups is 1. The fourth-order valence-corrected chi connectivity index (χ4v) is 3.88. The molecule has 0 amide bonds. The van der Waals surface area contributed by atoms with Gasteiger partial charge >= 0.3 is 10.1 Å². The van der Waals surface area contributed by atoms with Gasteiger partial charge in [0.1, 0.15) is 4.90 Å². The second-order valence-corrected chi connectivity index (χ2v) is 9.09. The number of rotatable bonds is 5. The van der Waals surface area contributed by atoms with Crippen LogP contribution < -0.4 is 4.18 Å². The van der Waals surface area contributed by atoms with E-state index in [-0.39, 0.29) is 10.6 Å². The Morgan fingerprint density at radius 2 is 1.71 bits per heavy atom. The summed E-state index contributed by atoms with van der Waals surface area (Å²) in [7, 11) is -3.96. The van der Waals surface area contributed by atoms with Crippen LogP contribution in [0.15, 0.2) is 75.0 Å². The molecule has 0 fully saturated rings. The summed E-state index contributed by atoms with van der Waals surface area (Å²) < 4.78 is 31.4. The third-order valence-corrected chi connectivity index (χ3v) is 6.14. The van der Waals surface area contributed by atoms with E-state index >= 15 is 0 Å². The summed E-state index contributed by atoms with van der Waals surface area (Å²) in [5.74, 6) is 0.186. The van der Waals surface area contributed by atoms with Gasteiger partial charge in [0.15, 0.2) is 5.75 Å². The van der Waals surface area contributed by atoms with Gasteiger partial charge in [0.05, 0.1) is 5.69 Å². The topological polar surface area (TPSA) is 55.7 Å². The molecule has 0 bridgehead atoms. The van der Waals surface area contributed by atoms with Crippen LogP contribution in [0.3, 0.4) is 0 Å². The van der Waals surface area contributed by atoms with Crippen LogP contribution in [-0.2, 0) is 10.1 Å². The van der Waals surface area contributed by atoms with Crippen LogP contribution in [0.1, 0.15) is 16.7 Å². The van der Waals surface area contributed by atoms with Gasteiger partial charge in [-0.15, -0.1) is 0 Å². The van der Waals surface area contributed by atoms with Crippen LogP contribution >= 0.6 is 27.5 Å². The Labute approximate surface area is 178 Å². The van der Waals surface area contributed by atoms with E-state index in [4.69, 9.17) is 15.8 Å². The van der Waals surface area contributed by atoms with Gasteiger partial charge in [-0.05, 0) is 61.9 Å². The van der Waals surface area contributed by atoms with E-state index in [0.717, 1.165) is 15.6 Å². The molecule has 28 heavy (non-hydrogen) atoms. The van der Waals surface area contributed by atoms with Crippen molar-refractivity contribution in [3.05, 3.63) is 86.8 Å². The largest absolute Gasteiger partial charge is 0.378 e. The van der Waals surface area contributed by atoms with E-state index in [2.05, 4.69) is 20.9 Å². The van der Waals surface area contributed by atoms with Crippen LogP contribution in [0.2, 0.25) is 5.02 Å². The van der Waals surface area contributed by atoms with E-state index in [0.29, 0.717) is 16.3 Å². The zero-order valence-corrected chi connectivity index (χ0v) is 18.3. The first-order valence-corrected chi connectivity index (χ1v) is 10.9. The minimum atomic E-state index is -3.96. The highest BCUT2D eigenvalue weighted by Gasteiger charge is 2.18. The van der Waals surface area contributed by atoms with Crippen LogP contribution in [0.25, 0.3) is 0 Å². The number of nitrogens with zero attached hydrogens (tertiary/aromatic N) is 1. The molecule has 4 nitrogen and oxygen atoms in total. The lowest BCUT2D eigenvalue weighted by Gasteiger charge is -2.10. The van der Waals surface area contributed by atoms with Crippen molar-refractivity contribution >= 4 is 49.6 Å². The Bertz CT molecular complexity index is 1140. The molecule has 0 unspecified atom stereocenters. The molecule has 0 atom stereocenters. The fourth-order valence-electron chi connectivity index (χ4n) is 2.37. The van der Waals surface area contributed by atoms with Crippen molar-refractivity contribution in [1.82, 2.24) is 0 Å². The summed E-state index contributed by atoms with van der Waals surface area (Å²) in [6.07, 6.45) is 1.55. The maximum atomic E-state index is 12.6. The molecule has 3 aromatic rings. The van der Waals surface area contributed by atoms with Gasteiger partial charge in [0.2, 0.25) is 0 Å². The number of benzene rings is 3. The summed E-state index contributed by atoms with van der Waals surface area (Å²) in [6.45, 7) is 3.80. The molecule has 144 valence electrons. The zero-order chi connectivity index (χ0) is 20.3. The molecule has 0 aliphatic carbocycles. The van der Waals surface area contributed by atoms with Crippen molar-refractivity contribution < 1.29 is 12.6 Å². The van der Waals surface area contributed by atoms with Crippen molar-refractivity contribution in [1.29, 1.82) is 0 Å². The maximum absolute atomic E-state index is 12.6. The first kappa shape index (κ1) is 20.6. The van der Waals surface area contributed by atoms with Gasteiger partial charge in [-0.25, -0.2) is 0 Å². The van der Waals surface area contributed by atoms with E-state index in [1.54, 1.807) is 42.6 Å². The Balaban J connectivity index is 1.93. The predicted molar refractivity (Wildman–Crippen MR) is 117 cm³/mol. The smallest absolute Gasteiger partial charge is 0.339 e. The fraction of sp³-hybridized carbons (Fsp3) is 0.0952. The van der Waals surface area contributed by atoms with Crippen LogP contribution in [-0.4, -0.2) is 14.6 Å². The van der Waals surface area contributed by atoms with Gasteiger partial charge in [0.25, 0.3) is 0 Å². The van der Waals surface area contributed by atoms with Gasteiger partial charge < -0.3 is 4.18 Å². The van der Waals surface area contributed by atoms with Crippen molar-refractivity contribution in [2.45, 2.75) is 18.7 Å². The van der Waals surface area contributed by atoms with E-state index in [1.807, 2.05) is 26.0 Å². The van der Waals surface area contributed by atoms with Crippen molar-refractivity contribution in [3.8, 4) is 5.75 Å². The second-order valence-electron chi connectivity index (χ2n) is 6.22. The van der Waals surface area contributed by atoms with Crippen molar-refractivity contribution in [3.63, 3.8) is 0 Å². The van der Waals surface area contributed by atoms with Crippen molar-refractivity contribution in [2.24, 2.45) is 4.99 Å². The minimum Gasteiger partial charge on any atom is -0.378 e. The standard InChI is InChI=1S/C21H17BrClNO3S/c1-14-3-8-19(9-4-14)28(25,26)27-21-10-6-17(22)11-16(21)13-24-18-7-5-15(2)20(23)12-18/h3-13H,1-2H3. The molecule has 0 aliphatic rings. The van der Waals surface area contributed by atoms with Gasteiger partial charge in [0, 0.05) is 21.3 Å². The first-order chi connectivity index (χ1) is 13.2. The number of aryl methyl sites for hydroxylation is 2. The lowest BCUT2D eigenvalue weighted by Crippen LogP contribution is -2.11. The zero-order valence-electron chi connectivity index (χ0n) is 15.2. The summed E-state index contributed by atoms with van der Waals surface area (Å²) in [5.41, 5.74) is 3.09. The first-order valence-electron chi connectivity index (χ1n) is 8.35. The average Bonchev–Trinajstić information content (AvgIpc) is 2.65. The molecule has 0 radical (unpaired) electrons. The van der Waals surface area contributed by atoms with Crippen LogP contribution in [0.4, 0.5) is 5.69 Å². The highest BCUT2D eigenvalue weighted by molar-refractivity contribution is 9.10. The van der Waals surface area contributed by atoms with Crippen molar-refractivity contribution in [2.75, 3.05) is 0 Å². The molecule has 0 saturated carbocycles. The lowest BCUT2D eigenvalue weighted by atomic mass is 10.2. The van der Waals surface area contributed by atoms with Gasteiger partial charge in [-0.2, -0.15) is 8.42 Å². The predicted octanol–water partition coefficient (Wildman–Crippen LogP) is 6.24. The number of hydrogen-bond acceptors (Lipinski definition) is 4. The average molecular weight is 479 g/mol. The quantitative estimate of drug-likeness (QED) is 0.322. The van der Waals surface area contributed by atoms with E-state index in [9.17, 15) is 8.42 Å². The molecule has 0 aliphatic heterocycles.